The van der Waals surface area contributed by atoms with Crippen molar-refractivity contribution in [2.45, 2.75) is 121 Å². The zero-order valence-electron chi connectivity index (χ0n) is 34.6. The number of hydrogen-bond donors (Lipinski definition) is 0. The minimum atomic E-state index is -1.30. The quantitative estimate of drug-likeness (QED) is 0.0669. The second kappa shape index (κ2) is 16.7. The first kappa shape index (κ1) is 40.8. The van der Waals surface area contributed by atoms with E-state index in [1.54, 1.807) is 0 Å². The molecule has 55 heavy (non-hydrogen) atoms. The Balaban J connectivity index is 1.42. The molecule has 0 saturated carbocycles. The van der Waals surface area contributed by atoms with Crippen LogP contribution in [0, 0.1) is 0 Å². The van der Waals surface area contributed by atoms with Crippen molar-refractivity contribution in [2.24, 2.45) is 0 Å². The van der Waals surface area contributed by atoms with E-state index < -0.39 is 21.7 Å². The summed E-state index contributed by atoms with van der Waals surface area (Å²) in [5, 5.41) is 5.01. The van der Waals surface area contributed by atoms with E-state index in [1.807, 2.05) is 66.9 Å². The highest BCUT2D eigenvalue weighted by molar-refractivity contribution is 6.76. The van der Waals surface area contributed by atoms with Crippen LogP contribution in [0.25, 0.3) is 34.1 Å². The first-order valence-corrected chi connectivity index (χ1v) is 27.4. The normalized spacial score (nSPS) is 18.9. The number of ether oxygens (including phenoxy) is 3. The average molecular weight is 783 g/mol. The van der Waals surface area contributed by atoms with E-state index in [9.17, 15) is 4.79 Å². The maximum Gasteiger partial charge on any atom is 0.410 e. The highest BCUT2D eigenvalue weighted by atomic mass is 28.3. The van der Waals surface area contributed by atoms with Gasteiger partial charge in [0.05, 0.1) is 17.6 Å². The van der Waals surface area contributed by atoms with Crippen LogP contribution in [0.15, 0.2) is 61.4 Å². The number of hydrogen-bond acceptors (Lipinski definition) is 8. The Bertz CT molecular complexity index is 1900. The Hall–Kier alpha value is -3.85. The van der Waals surface area contributed by atoms with Crippen molar-refractivity contribution >= 4 is 39.8 Å². The highest BCUT2D eigenvalue weighted by Crippen LogP contribution is 2.46. The first-order valence-electron chi connectivity index (χ1n) is 20.0. The fourth-order valence-electron chi connectivity index (χ4n) is 7.63. The number of nitrogens with zero attached hydrogens (tertiary/aromatic N) is 6. The first-order chi connectivity index (χ1) is 26.0. The largest absolute Gasteiger partial charge is 0.444 e. The molecular weight excluding hydrogens is 721 g/mol. The van der Waals surface area contributed by atoms with Crippen molar-refractivity contribution in [1.29, 1.82) is 0 Å². The van der Waals surface area contributed by atoms with Gasteiger partial charge < -0.3 is 24.0 Å². The predicted molar refractivity (Wildman–Crippen MR) is 229 cm³/mol. The smallest absolute Gasteiger partial charge is 0.410 e. The number of carbonyl (C=O) groups is 1. The van der Waals surface area contributed by atoms with Crippen molar-refractivity contribution in [2.75, 3.05) is 31.6 Å². The van der Waals surface area contributed by atoms with Gasteiger partial charge in [-0.3, -0.25) is 4.98 Å². The third-order valence-electron chi connectivity index (χ3n) is 10.5. The van der Waals surface area contributed by atoms with Gasteiger partial charge in [0.15, 0.2) is 5.65 Å². The Morgan fingerprint density at radius 3 is 2.04 bits per heavy atom. The average Bonchev–Trinajstić information content (AvgIpc) is 3.66. The molecule has 3 atom stereocenters. The summed E-state index contributed by atoms with van der Waals surface area (Å²) in [4.78, 5) is 28.0. The summed E-state index contributed by atoms with van der Waals surface area (Å²) in [6.07, 6.45) is 9.04. The number of benzene rings is 1. The summed E-state index contributed by atoms with van der Waals surface area (Å²) in [6.45, 7) is 26.4. The molecule has 0 spiro atoms. The van der Waals surface area contributed by atoms with Gasteiger partial charge in [-0.2, -0.15) is 9.61 Å². The summed E-state index contributed by atoms with van der Waals surface area (Å²) in [5.41, 5.74) is 5.93. The SMILES string of the molecule is C=Cc1c(C2C[C@H]3CC[C@@H](C2)N3C(=O)OC(C)(C)C)nc2c(-c3ccc(-c4ccccc4)nc3)cnn2c1N(COCC[Si](C)(C)C)COCC[Si](C)(C)C. The molecule has 1 amide bonds. The lowest BCUT2D eigenvalue weighted by atomic mass is 9.86. The van der Waals surface area contributed by atoms with Crippen molar-refractivity contribution in [3.05, 3.63) is 72.7 Å². The number of fused-ring (bicyclic) bond motifs is 3. The topological polar surface area (TPSA) is 94.3 Å². The Labute approximate surface area is 330 Å². The molecule has 1 unspecified atom stereocenters. The number of anilines is 1. The number of amides is 1. The summed E-state index contributed by atoms with van der Waals surface area (Å²) >= 11 is 0. The van der Waals surface area contributed by atoms with Gasteiger partial charge in [0.25, 0.3) is 0 Å². The lowest BCUT2D eigenvalue weighted by Crippen LogP contribution is -2.48. The minimum absolute atomic E-state index is 0.0859. The maximum absolute atomic E-state index is 13.4. The molecule has 12 heteroatoms. The predicted octanol–water partition coefficient (Wildman–Crippen LogP) is 10.2. The second-order valence-electron chi connectivity index (χ2n) is 18.7. The van der Waals surface area contributed by atoms with Crippen LogP contribution in [0.4, 0.5) is 10.6 Å². The van der Waals surface area contributed by atoms with E-state index in [4.69, 9.17) is 29.3 Å². The lowest BCUT2D eigenvalue weighted by Gasteiger charge is -2.40. The number of pyridine rings is 1. The summed E-state index contributed by atoms with van der Waals surface area (Å²) in [5.74, 6) is 0.967. The van der Waals surface area contributed by atoms with Gasteiger partial charge in [-0.05, 0) is 64.6 Å². The van der Waals surface area contributed by atoms with Gasteiger partial charge in [-0.25, -0.2) is 9.78 Å². The fraction of sp³-hybridized carbons (Fsp3) is 0.535. The Morgan fingerprint density at radius 1 is 0.891 bits per heavy atom. The molecular formula is C43H62N6O4Si2. The van der Waals surface area contributed by atoms with E-state index in [-0.39, 0.29) is 24.1 Å². The molecule has 0 radical (unpaired) electrons. The van der Waals surface area contributed by atoms with E-state index >= 15 is 0 Å². The molecule has 6 rings (SSSR count). The van der Waals surface area contributed by atoms with Crippen molar-refractivity contribution in [3.63, 3.8) is 0 Å². The molecule has 0 N–H and O–H groups in total. The monoisotopic (exact) mass is 782 g/mol. The molecule has 0 aliphatic carbocycles. The van der Waals surface area contributed by atoms with Gasteiger partial charge in [-0.1, -0.05) is 88.3 Å². The van der Waals surface area contributed by atoms with Gasteiger partial charge in [-0.15, -0.1) is 0 Å². The molecule has 2 aliphatic heterocycles. The zero-order valence-corrected chi connectivity index (χ0v) is 36.6. The van der Waals surface area contributed by atoms with Crippen LogP contribution in [0.2, 0.25) is 51.4 Å². The van der Waals surface area contributed by atoms with Crippen molar-refractivity contribution in [3.8, 4) is 22.4 Å². The molecule has 2 saturated heterocycles. The summed E-state index contributed by atoms with van der Waals surface area (Å²) in [6, 6.07) is 16.7. The molecule has 5 heterocycles. The van der Waals surface area contributed by atoms with E-state index in [1.165, 1.54) is 0 Å². The third-order valence-corrected chi connectivity index (χ3v) is 14.0. The Kier molecular flexibility index (Phi) is 12.4. The molecule has 2 aliphatic rings. The van der Waals surface area contributed by atoms with Crippen LogP contribution in [0.3, 0.4) is 0 Å². The number of rotatable bonds is 15. The van der Waals surface area contributed by atoms with Crippen LogP contribution in [0.5, 0.6) is 0 Å². The van der Waals surface area contributed by atoms with Crippen LogP contribution in [-0.2, 0) is 14.2 Å². The minimum Gasteiger partial charge on any atom is -0.444 e. The Morgan fingerprint density at radius 2 is 1.51 bits per heavy atom. The molecule has 10 nitrogen and oxygen atoms in total. The van der Waals surface area contributed by atoms with Gasteiger partial charge in [0.2, 0.25) is 0 Å². The van der Waals surface area contributed by atoms with E-state index in [0.717, 1.165) is 82.9 Å². The maximum atomic E-state index is 13.4. The fourth-order valence-corrected chi connectivity index (χ4v) is 9.15. The van der Waals surface area contributed by atoms with Crippen molar-refractivity contribution < 1.29 is 19.0 Å². The molecule has 1 aromatic carbocycles. The standard InChI is InChI=1S/C43H62N6O4Si2/c1-11-36-39(33-25-34-18-19-35(26-33)48(34)42(50)53-43(2,3)4)46-40-37(32-17-20-38(44-27-32)31-15-13-12-14-16-31)28-45-49(40)41(36)47(29-51-21-23-54(5,6)7)30-52-22-24-55(8,9)10/h11-17,20,27-28,33-35H,1,18-19,21-26,29-30H2,2-10H3/t33?,34-,35+. The third kappa shape index (κ3) is 10.1. The highest BCUT2D eigenvalue weighted by Gasteiger charge is 2.46. The van der Waals surface area contributed by atoms with E-state index in [0.29, 0.717) is 26.7 Å². The van der Waals surface area contributed by atoms with Crippen LogP contribution < -0.4 is 4.90 Å². The number of aromatic nitrogens is 4. The molecule has 2 fully saturated rings. The van der Waals surface area contributed by atoms with Crippen LogP contribution >= 0.6 is 0 Å². The van der Waals surface area contributed by atoms with Crippen molar-refractivity contribution in [1.82, 2.24) is 24.5 Å². The molecule has 4 aromatic rings. The summed E-state index contributed by atoms with van der Waals surface area (Å²) < 4.78 is 20.7. The summed E-state index contributed by atoms with van der Waals surface area (Å²) in [7, 11) is -2.61. The van der Waals surface area contributed by atoms with Gasteiger partial charge in [0, 0.05) is 75.8 Å². The van der Waals surface area contributed by atoms with E-state index in [2.05, 4.69) is 75.0 Å². The number of piperidine rings is 1. The zero-order chi connectivity index (χ0) is 39.5. The van der Waals surface area contributed by atoms with Gasteiger partial charge in [0.1, 0.15) is 24.9 Å². The van der Waals surface area contributed by atoms with Gasteiger partial charge >= 0.3 is 6.09 Å². The number of carbonyl (C=O) groups excluding carboxylic acids is 1. The molecule has 296 valence electrons. The second-order valence-corrected chi connectivity index (χ2v) is 29.9. The molecule has 3 aromatic heterocycles. The molecule has 2 bridgehead atoms. The van der Waals surface area contributed by atoms with Crippen LogP contribution in [-0.4, -0.2) is 91.1 Å². The van der Waals surface area contributed by atoms with Crippen LogP contribution in [0.1, 0.15) is 63.6 Å². The lowest BCUT2D eigenvalue weighted by molar-refractivity contribution is 0.00568.